The molecule has 0 saturated heterocycles. The Bertz CT molecular complexity index is 1340. The fourth-order valence-electron chi connectivity index (χ4n) is 3.08. The number of fused-ring (bicyclic) bond motifs is 1. The van der Waals surface area contributed by atoms with Crippen LogP contribution in [-0.2, 0) is 0 Å². The van der Waals surface area contributed by atoms with Gasteiger partial charge in [0.05, 0.1) is 29.1 Å². The van der Waals surface area contributed by atoms with Gasteiger partial charge < -0.3 is 4.74 Å². The van der Waals surface area contributed by atoms with Gasteiger partial charge in [0.1, 0.15) is 11.6 Å². The fourth-order valence-corrected chi connectivity index (χ4v) is 3.25. The molecule has 4 rings (SSSR count). The van der Waals surface area contributed by atoms with Crippen molar-refractivity contribution in [2.24, 2.45) is 0 Å². The Morgan fingerprint density at radius 2 is 1.83 bits per heavy atom. The van der Waals surface area contributed by atoms with E-state index in [2.05, 4.69) is 10.4 Å². The van der Waals surface area contributed by atoms with Crippen LogP contribution in [0.3, 0.4) is 0 Å². The molecule has 0 aliphatic rings. The second kappa shape index (κ2) is 7.96. The number of aromatic nitrogens is 2. The van der Waals surface area contributed by atoms with Crippen LogP contribution >= 0.6 is 11.6 Å². The molecule has 0 saturated carbocycles. The molecule has 0 spiro atoms. The smallest absolute Gasteiger partial charge is 0.280 e. The number of carbonyl (C=O) groups excluding carboxylic acids is 1. The lowest BCUT2D eigenvalue weighted by Crippen LogP contribution is -2.35. The maximum absolute atomic E-state index is 14.5. The Morgan fingerprint density at radius 1 is 1.10 bits per heavy atom. The molecule has 1 aromatic heterocycles. The van der Waals surface area contributed by atoms with Gasteiger partial charge in [0.25, 0.3) is 11.5 Å². The first-order valence-electron chi connectivity index (χ1n) is 8.91. The van der Waals surface area contributed by atoms with Gasteiger partial charge in [-0.25, -0.2) is 9.37 Å². The lowest BCUT2D eigenvalue weighted by Gasteiger charge is -2.16. The van der Waals surface area contributed by atoms with E-state index in [1.54, 1.807) is 36.4 Å². The van der Waals surface area contributed by atoms with E-state index in [-0.39, 0.29) is 28.1 Å². The molecule has 1 amide bonds. The minimum absolute atomic E-state index is 0.0360. The third-order valence-electron chi connectivity index (χ3n) is 4.51. The average molecular weight is 424 g/mol. The number of methoxy groups -OCH3 is 1. The summed E-state index contributed by atoms with van der Waals surface area (Å²) in [6.07, 6.45) is 0. The van der Waals surface area contributed by atoms with Crippen LogP contribution in [0.2, 0.25) is 5.02 Å². The SMILES string of the molecule is COc1ccc(Cl)cc1C(=O)Nn1c(-c2ccccc2F)nc2ccccc2c1=O. The van der Waals surface area contributed by atoms with Crippen LogP contribution < -0.4 is 15.7 Å². The predicted octanol–water partition coefficient (Wildman–Crippen LogP) is 4.25. The van der Waals surface area contributed by atoms with E-state index >= 15 is 0 Å². The summed E-state index contributed by atoms with van der Waals surface area (Å²) < 4.78 is 20.7. The molecule has 1 N–H and O–H groups in total. The van der Waals surface area contributed by atoms with Gasteiger partial charge in [-0.1, -0.05) is 35.9 Å². The second-order valence-electron chi connectivity index (χ2n) is 6.36. The lowest BCUT2D eigenvalue weighted by molar-refractivity contribution is 0.100. The van der Waals surface area contributed by atoms with Gasteiger partial charge >= 0.3 is 0 Å². The van der Waals surface area contributed by atoms with Crippen molar-refractivity contribution in [2.75, 3.05) is 12.5 Å². The molecule has 0 fully saturated rings. The van der Waals surface area contributed by atoms with E-state index in [1.165, 1.54) is 37.4 Å². The molecule has 3 aromatic carbocycles. The summed E-state index contributed by atoms with van der Waals surface area (Å²) in [6.45, 7) is 0. The zero-order valence-corrected chi connectivity index (χ0v) is 16.5. The highest BCUT2D eigenvalue weighted by Gasteiger charge is 2.20. The topological polar surface area (TPSA) is 73.2 Å². The van der Waals surface area contributed by atoms with Crippen LogP contribution in [0.15, 0.2) is 71.5 Å². The summed E-state index contributed by atoms with van der Waals surface area (Å²) in [5.74, 6) is -1.01. The zero-order valence-electron chi connectivity index (χ0n) is 15.7. The zero-order chi connectivity index (χ0) is 21.3. The highest BCUT2D eigenvalue weighted by atomic mass is 35.5. The summed E-state index contributed by atoms with van der Waals surface area (Å²) in [4.78, 5) is 30.5. The van der Waals surface area contributed by atoms with Crippen LogP contribution in [0.5, 0.6) is 5.75 Å². The standard InChI is InChI=1S/C22H15ClFN3O3/c1-30-19-11-10-13(23)12-16(19)21(28)26-27-20(14-6-2-4-8-17(14)24)25-18-9-5-3-7-15(18)22(27)29/h2-12H,1H3,(H,26,28). The Hall–Kier alpha value is -3.71. The van der Waals surface area contributed by atoms with Crippen LogP contribution in [0, 0.1) is 5.82 Å². The molecule has 0 radical (unpaired) electrons. The number of para-hydroxylation sites is 1. The van der Waals surface area contributed by atoms with Gasteiger partial charge in [0.2, 0.25) is 0 Å². The molecular weight excluding hydrogens is 409 g/mol. The third kappa shape index (κ3) is 3.51. The van der Waals surface area contributed by atoms with Crippen molar-refractivity contribution < 1.29 is 13.9 Å². The minimum Gasteiger partial charge on any atom is -0.496 e. The van der Waals surface area contributed by atoms with E-state index in [0.717, 1.165) is 4.68 Å². The van der Waals surface area contributed by atoms with E-state index in [4.69, 9.17) is 16.3 Å². The number of halogens is 2. The number of nitrogens with one attached hydrogen (secondary N) is 1. The number of ether oxygens (including phenoxy) is 1. The highest BCUT2D eigenvalue weighted by molar-refractivity contribution is 6.31. The van der Waals surface area contributed by atoms with Crippen molar-refractivity contribution in [1.29, 1.82) is 0 Å². The molecule has 0 atom stereocenters. The van der Waals surface area contributed by atoms with Crippen molar-refractivity contribution in [3.05, 3.63) is 93.5 Å². The van der Waals surface area contributed by atoms with Crippen LogP contribution in [-0.4, -0.2) is 22.7 Å². The summed E-state index contributed by atoms with van der Waals surface area (Å²) in [7, 11) is 1.41. The number of hydrogen-bond acceptors (Lipinski definition) is 4. The molecule has 0 aliphatic carbocycles. The Balaban J connectivity index is 1.92. The molecule has 6 nitrogen and oxygen atoms in total. The number of benzene rings is 3. The number of carbonyl (C=O) groups is 1. The molecule has 30 heavy (non-hydrogen) atoms. The highest BCUT2D eigenvalue weighted by Crippen LogP contribution is 2.24. The normalized spacial score (nSPS) is 10.8. The van der Waals surface area contributed by atoms with Gasteiger partial charge in [-0.05, 0) is 42.5 Å². The summed E-state index contributed by atoms with van der Waals surface area (Å²) in [5, 5.41) is 0.593. The maximum atomic E-state index is 14.5. The van der Waals surface area contributed by atoms with E-state index < -0.39 is 17.3 Å². The summed E-state index contributed by atoms with van der Waals surface area (Å²) in [5.41, 5.74) is 2.53. The number of nitrogens with zero attached hydrogens (tertiary/aromatic N) is 2. The van der Waals surface area contributed by atoms with E-state index in [1.807, 2.05) is 0 Å². The Labute approximate surface area is 175 Å². The average Bonchev–Trinajstić information content (AvgIpc) is 2.76. The maximum Gasteiger partial charge on any atom is 0.280 e. The monoisotopic (exact) mass is 423 g/mol. The molecular formula is C22H15ClFN3O3. The number of amides is 1. The van der Waals surface area contributed by atoms with Crippen molar-refractivity contribution in [3.63, 3.8) is 0 Å². The second-order valence-corrected chi connectivity index (χ2v) is 6.79. The predicted molar refractivity (Wildman–Crippen MR) is 113 cm³/mol. The molecule has 0 aliphatic heterocycles. The van der Waals surface area contributed by atoms with Crippen molar-refractivity contribution in [2.45, 2.75) is 0 Å². The summed E-state index contributed by atoms with van der Waals surface area (Å²) in [6, 6.07) is 17.0. The number of rotatable bonds is 4. The van der Waals surface area contributed by atoms with Crippen LogP contribution in [0.25, 0.3) is 22.3 Å². The molecule has 0 unspecified atom stereocenters. The quantitative estimate of drug-likeness (QED) is 0.532. The van der Waals surface area contributed by atoms with Crippen LogP contribution in [0.4, 0.5) is 4.39 Å². The molecule has 150 valence electrons. The minimum atomic E-state index is -0.661. The van der Waals surface area contributed by atoms with E-state index in [0.29, 0.717) is 10.5 Å². The third-order valence-corrected chi connectivity index (χ3v) is 4.75. The molecule has 4 aromatic rings. The summed E-state index contributed by atoms with van der Waals surface area (Å²) >= 11 is 6.01. The first kappa shape index (κ1) is 19.6. The Kier molecular flexibility index (Phi) is 5.20. The number of hydrogen-bond donors (Lipinski definition) is 1. The largest absolute Gasteiger partial charge is 0.496 e. The van der Waals surface area contributed by atoms with Crippen molar-refractivity contribution >= 4 is 28.4 Å². The molecule has 1 heterocycles. The van der Waals surface area contributed by atoms with Gasteiger partial charge in [-0.15, -0.1) is 0 Å². The first-order valence-corrected chi connectivity index (χ1v) is 9.29. The van der Waals surface area contributed by atoms with E-state index in [9.17, 15) is 14.0 Å². The van der Waals surface area contributed by atoms with Crippen molar-refractivity contribution in [3.8, 4) is 17.1 Å². The molecule has 8 heteroatoms. The first-order chi connectivity index (χ1) is 14.5. The van der Waals surface area contributed by atoms with Crippen molar-refractivity contribution in [1.82, 2.24) is 9.66 Å². The Morgan fingerprint density at radius 3 is 2.60 bits per heavy atom. The lowest BCUT2D eigenvalue weighted by atomic mass is 10.1. The van der Waals surface area contributed by atoms with Gasteiger partial charge in [-0.2, -0.15) is 4.68 Å². The van der Waals surface area contributed by atoms with Gasteiger partial charge in [0.15, 0.2) is 5.82 Å². The molecule has 0 bridgehead atoms. The van der Waals surface area contributed by atoms with Crippen LogP contribution in [0.1, 0.15) is 10.4 Å². The van der Waals surface area contributed by atoms with Gasteiger partial charge in [-0.3, -0.25) is 15.0 Å². The fraction of sp³-hybridized carbons (Fsp3) is 0.0455. The van der Waals surface area contributed by atoms with Gasteiger partial charge in [0, 0.05) is 5.02 Å².